The number of aromatic nitrogens is 2. The zero-order valence-electron chi connectivity index (χ0n) is 8.70. The van der Waals surface area contributed by atoms with E-state index in [0.29, 0.717) is 0 Å². The number of halogens is 1. The Morgan fingerprint density at radius 1 is 1.44 bits per heavy atom. The van der Waals surface area contributed by atoms with E-state index >= 15 is 0 Å². The van der Waals surface area contributed by atoms with Crippen LogP contribution in [0.2, 0.25) is 0 Å². The molecule has 0 unspecified atom stereocenters. The van der Waals surface area contributed by atoms with Crippen molar-refractivity contribution in [3.63, 3.8) is 0 Å². The molecule has 0 saturated carbocycles. The van der Waals surface area contributed by atoms with Gasteiger partial charge in [-0.2, -0.15) is 0 Å². The lowest BCUT2D eigenvalue weighted by molar-refractivity contribution is 0.928. The Morgan fingerprint density at radius 3 is 3.00 bits per heavy atom. The smallest absolute Gasteiger partial charge is 0.107 e. The van der Waals surface area contributed by atoms with Crippen molar-refractivity contribution in [1.82, 2.24) is 9.97 Å². The fourth-order valence-corrected chi connectivity index (χ4v) is 1.96. The standard InChI is InChI=1S/C11H13IN4/c12-8-1-2-10(9(13)7-8)14-4-3-11-15-5-6-16-11/h1-2,5-7,14H,3-4,13H2,(H,15,16). The van der Waals surface area contributed by atoms with Crippen molar-refractivity contribution in [1.29, 1.82) is 0 Å². The van der Waals surface area contributed by atoms with Gasteiger partial charge in [-0.15, -0.1) is 0 Å². The fraction of sp³-hybridized carbons (Fsp3) is 0.182. The maximum atomic E-state index is 5.89. The molecule has 0 aliphatic rings. The molecule has 16 heavy (non-hydrogen) atoms. The van der Waals surface area contributed by atoms with Crippen LogP contribution in [0.3, 0.4) is 0 Å². The third kappa shape index (κ3) is 2.88. The van der Waals surface area contributed by atoms with Crippen molar-refractivity contribution in [3.8, 4) is 0 Å². The molecule has 0 radical (unpaired) electrons. The Labute approximate surface area is 108 Å². The molecule has 1 heterocycles. The summed E-state index contributed by atoms with van der Waals surface area (Å²) in [4.78, 5) is 7.22. The normalized spacial score (nSPS) is 10.3. The van der Waals surface area contributed by atoms with Crippen LogP contribution in [0.25, 0.3) is 0 Å². The van der Waals surface area contributed by atoms with Gasteiger partial charge < -0.3 is 16.0 Å². The average Bonchev–Trinajstić information content (AvgIpc) is 2.74. The molecule has 1 aromatic heterocycles. The van der Waals surface area contributed by atoms with E-state index in [2.05, 4.69) is 37.9 Å². The van der Waals surface area contributed by atoms with E-state index in [4.69, 9.17) is 5.73 Å². The Bertz CT molecular complexity index is 453. The summed E-state index contributed by atoms with van der Waals surface area (Å²) >= 11 is 2.25. The van der Waals surface area contributed by atoms with Crippen LogP contribution in [0.1, 0.15) is 5.82 Å². The van der Waals surface area contributed by atoms with E-state index in [-0.39, 0.29) is 0 Å². The van der Waals surface area contributed by atoms with Gasteiger partial charge in [0.1, 0.15) is 5.82 Å². The third-order valence-corrected chi connectivity index (χ3v) is 2.92. The number of benzene rings is 1. The zero-order valence-corrected chi connectivity index (χ0v) is 10.9. The largest absolute Gasteiger partial charge is 0.397 e. The minimum absolute atomic E-state index is 0.784. The number of imidazole rings is 1. The summed E-state index contributed by atoms with van der Waals surface area (Å²) in [5, 5.41) is 3.29. The van der Waals surface area contributed by atoms with Gasteiger partial charge >= 0.3 is 0 Å². The quantitative estimate of drug-likeness (QED) is 0.596. The highest BCUT2D eigenvalue weighted by atomic mass is 127. The van der Waals surface area contributed by atoms with E-state index in [9.17, 15) is 0 Å². The molecule has 0 spiro atoms. The van der Waals surface area contributed by atoms with E-state index < -0.39 is 0 Å². The topological polar surface area (TPSA) is 66.7 Å². The van der Waals surface area contributed by atoms with Gasteiger partial charge in [0.15, 0.2) is 0 Å². The minimum Gasteiger partial charge on any atom is -0.397 e. The Hall–Kier alpha value is -1.24. The third-order valence-electron chi connectivity index (χ3n) is 2.25. The van der Waals surface area contributed by atoms with Crippen LogP contribution in [0.5, 0.6) is 0 Å². The van der Waals surface area contributed by atoms with Crippen LogP contribution in [0.4, 0.5) is 11.4 Å². The first-order chi connectivity index (χ1) is 7.75. The van der Waals surface area contributed by atoms with Crippen LogP contribution in [0.15, 0.2) is 30.6 Å². The number of hydrogen-bond donors (Lipinski definition) is 3. The second-order valence-corrected chi connectivity index (χ2v) is 4.69. The van der Waals surface area contributed by atoms with E-state index in [1.165, 1.54) is 0 Å². The molecule has 0 amide bonds. The predicted octanol–water partition coefficient (Wildman–Crippen LogP) is 2.25. The SMILES string of the molecule is Nc1cc(I)ccc1NCCc1ncc[nH]1. The van der Waals surface area contributed by atoms with Gasteiger partial charge in [-0.05, 0) is 40.8 Å². The Morgan fingerprint density at radius 2 is 2.31 bits per heavy atom. The van der Waals surface area contributed by atoms with Crippen molar-refractivity contribution in [2.75, 3.05) is 17.6 Å². The van der Waals surface area contributed by atoms with Crippen molar-refractivity contribution >= 4 is 34.0 Å². The Kier molecular flexibility index (Phi) is 3.66. The molecule has 84 valence electrons. The molecular formula is C11H13IN4. The van der Waals surface area contributed by atoms with E-state index in [1.807, 2.05) is 24.4 Å². The number of H-pyrrole nitrogens is 1. The molecule has 0 saturated heterocycles. The fourth-order valence-electron chi connectivity index (χ4n) is 1.44. The summed E-state index contributed by atoms with van der Waals surface area (Å²) in [7, 11) is 0. The number of nitrogens with one attached hydrogen (secondary N) is 2. The van der Waals surface area contributed by atoms with Crippen LogP contribution < -0.4 is 11.1 Å². The lowest BCUT2D eigenvalue weighted by atomic mass is 10.2. The van der Waals surface area contributed by atoms with Crippen LogP contribution >= 0.6 is 22.6 Å². The van der Waals surface area contributed by atoms with Gasteiger partial charge in [0, 0.05) is 28.9 Å². The second-order valence-electron chi connectivity index (χ2n) is 3.44. The number of nitrogens with two attached hydrogens (primary N) is 1. The first-order valence-corrected chi connectivity index (χ1v) is 6.11. The second kappa shape index (κ2) is 5.20. The van der Waals surface area contributed by atoms with Gasteiger partial charge in [0.2, 0.25) is 0 Å². The first-order valence-electron chi connectivity index (χ1n) is 5.03. The van der Waals surface area contributed by atoms with Gasteiger partial charge in [0.25, 0.3) is 0 Å². The minimum atomic E-state index is 0.784. The highest BCUT2D eigenvalue weighted by Gasteiger charge is 1.99. The molecule has 4 nitrogen and oxygen atoms in total. The number of nitrogen functional groups attached to an aromatic ring is 1. The molecule has 0 bridgehead atoms. The van der Waals surface area contributed by atoms with Gasteiger partial charge in [-0.25, -0.2) is 4.98 Å². The number of aromatic amines is 1. The van der Waals surface area contributed by atoms with Crippen molar-refractivity contribution in [2.45, 2.75) is 6.42 Å². The van der Waals surface area contributed by atoms with E-state index in [1.54, 1.807) is 6.20 Å². The summed E-state index contributed by atoms with van der Waals surface area (Å²) in [5.74, 6) is 0.983. The van der Waals surface area contributed by atoms with Gasteiger partial charge in [-0.1, -0.05) is 0 Å². The number of anilines is 2. The van der Waals surface area contributed by atoms with Crippen molar-refractivity contribution in [2.24, 2.45) is 0 Å². The summed E-state index contributed by atoms with van der Waals surface area (Å²) in [6, 6.07) is 5.99. The van der Waals surface area contributed by atoms with Crippen LogP contribution in [0, 0.1) is 3.57 Å². The van der Waals surface area contributed by atoms with Crippen LogP contribution in [-0.4, -0.2) is 16.5 Å². The lowest BCUT2D eigenvalue weighted by Crippen LogP contribution is -2.07. The predicted molar refractivity (Wildman–Crippen MR) is 74.4 cm³/mol. The highest BCUT2D eigenvalue weighted by molar-refractivity contribution is 14.1. The van der Waals surface area contributed by atoms with Gasteiger partial charge in [0.05, 0.1) is 11.4 Å². The zero-order chi connectivity index (χ0) is 11.4. The van der Waals surface area contributed by atoms with Crippen LogP contribution in [-0.2, 0) is 6.42 Å². The molecule has 4 N–H and O–H groups in total. The first kappa shape index (κ1) is 11.3. The lowest BCUT2D eigenvalue weighted by Gasteiger charge is -2.08. The monoisotopic (exact) mass is 328 g/mol. The van der Waals surface area contributed by atoms with Gasteiger partial charge in [-0.3, -0.25) is 0 Å². The summed E-state index contributed by atoms with van der Waals surface area (Å²) in [5.41, 5.74) is 7.65. The van der Waals surface area contributed by atoms with E-state index in [0.717, 1.165) is 33.7 Å². The average molecular weight is 328 g/mol. The number of nitrogens with zero attached hydrogens (tertiary/aromatic N) is 1. The summed E-state index contributed by atoms with van der Waals surface area (Å²) in [6.07, 6.45) is 4.45. The van der Waals surface area contributed by atoms with Crippen molar-refractivity contribution in [3.05, 3.63) is 40.0 Å². The summed E-state index contributed by atoms with van der Waals surface area (Å²) in [6.45, 7) is 0.818. The Balaban J connectivity index is 1.90. The maximum absolute atomic E-state index is 5.89. The molecule has 1 aromatic carbocycles. The molecule has 0 aliphatic heterocycles. The summed E-state index contributed by atoms with van der Waals surface area (Å²) < 4.78 is 1.15. The molecule has 0 fully saturated rings. The van der Waals surface area contributed by atoms with Crippen molar-refractivity contribution < 1.29 is 0 Å². The molecule has 2 aromatic rings. The molecule has 0 aliphatic carbocycles. The number of hydrogen-bond acceptors (Lipinski definition) is 3. The molecule has 5 heteroatoms. The maximum Gasteiger partial charge on any atom is 0.107 e. The number of rotatable bonds is 4. The highest BCUT2D eigenvalue weighted by Crippen LogP contribution is 2.20. The molecular weight excluding hydrogens is 315 g/mol. The molecule has 2 rings (SSSR count). The molecule has 0 atom stereocenters.